The van der Waals surface area contributed by atoms with E-state index in [4.69, 9.17) is 26.6 Å². The normalized spacial score (nSPS) is 23.3. The fourth-order valence-electron chi connectivity index (χ4n) is 1.00. The van der Waals surface area contributed by atoms with Gasteiger partial charge in [-0.1, -0.05) is 23.4 Å². The lowest BCUT2D eigenvalue weighted by atomic mass is 10.3. The molecule has 1 rings (SSSR count). The van der Waals surface area contributed by atoms with E-state index < -0.39 is 27.9 Å². The summed E-state index contributed by atoms with van der Waals surface area (Å²) in [6.45, 7) is 1.16. The van der Waals surface area contributed by atoms with Gasteiger partial charge in [-0.2, -0.15) is 0 Å². The number of hydrogen-bond donors (Lipinski definition) is 2. The number of carboxylic acid groups (broad SMARTS) is 2. The molecule has 9 heteroatoms. The lowest BCUT2D eigenvalue weighted by molar-refractivity contribution is -0.143. The second-order valence-electron chi connectivity index (χ2n) is 2.92. The van der Waals surface area contributed by atoms with E-state index in [1.165, 1.54) is 0 Å². The Morgan fingerprint density at radius 3 is 2.29 bits per heavy atom. The second kappa shape index (κ2) is 5.19. The van der Waals surface area contributed by atoms with Crippen molar-refractivity contribution in [1.29, 1.82) is 0 Å². The first-order valence-electron chi connectivity index (χ1n) is 4.16. The summed E-state index contributed by atoms with van der Waals surface area (Å²) in [6, 6.07) is 0. The van der Waals surface area contributed by atoms with Gasteiger partial charge in [0.25, 0.3) is 0 Å². The molecule has 6 nitrogen and oxygen atoms in total. The maximum Gasteiger partial charge on any atom is 0.344 e. The maximum absolute atomic E-state index is 10.8. The summed E-state index contributed by atoms with van der Waals surface area (Å²) in [6.07, 6.45) is 0. The van der Waals surface area contributed by atoms with Crippen LogP contribution in [0.4, 0.5) is 0 Å². The standard InChI is InChI=1S/C8H7ClO6S2/c1-3(10)15-8(9)2-16-7(17-8)4(5(11)12)6(13)14/h2H2,1H3,(H,11,12)(H,13,14). The molecule has 1 unspecified atom stereocenters. The summed E-state index contributed by atoms with van der Waals surface area (Å²) < 4.78 is 3.36. The second-order valence-corrected chi connectivity index (χ2v) is 6.27. The van der Waals surface area contributed by atoms with Crippen LogP contribution in [0.15, 0.2) is 9.81 Å². The first-order chi connectivity index (χ1) is 7.75. The molecule has 0 amide bonds. The van der Waals surface area contributed by atoms with Crippen LogP contribution >= 0.6 is 35.1 Å². The molecule has 94 valence electrons. The van der Waals surface area contributed by atoms with E-state index in [0.717, 1.165) is 18.7 Å². The van der Waals surface area contributed by atoms with E-state index in [2.05, 4.69) is 0 Å². The van der Waals surface area contributed by atoms with Crippen molar-refractivity contribution in [3.05, 3.63) is 9.81 Å². The Morgan fingerprint density at radius 1 is 1.35 bits per heavy atom. The number of alkyl halides is 1. The molecule has 1 saturated heterocycles. The zero-order chi connectivity index (χ0) is 13.2. The first-order valence-corrected chi connectivity index (χ1v) is 6.34. The van der Waals surface area contributed by atoms with Crippen LogP contribution < -0.4 is 0 Å². The SMILES string of the molecule is CC(=O)OC1(Cl)CSC(=C(C(=O)O)C(=O)O)S1. The van der Waals surface area contributed by atoms with Crippen molar-refractivity contribution in [3.8, 4) is 0 Å². The zero-order valence-corrected chi connectivity index (χ0v) is 10.8. The number of thioether (sulfide) groups is 2. The van der Waals surface area contributed by atoms with Gasteiger partial charge < -0.3 is 14.9 Å². The number of hydrogen-bond acceptors (Lipinski definition) is 6. The zero-order valence-electron chi connectivity index (χ0n) is 8.43. The van der Waals surface area contributed by atoms with Gasteiger partial charge in [-0.15, -0.1) is 11.8 Å². The highest BCUT2D eigenvalue weighted by molar-refractivity contribution is 8.26. The van der Waals surface area contributed by atoms with Crippen LogP contribution in [-0.2, 0) is 19.1 Å². The Morgan fingerprint density at radius 2 is 1.88 bits per heavy atom. The van der Waals surface area contributed by atoms with E-state index in [1.54, 1.807) is 0 Å². The third-order valence-electron chi connectivity index (χ3n) is 1.55. The Bertz CT molecular complexity index is 404. The predicted octanol–water partition coefficient (Wildman–Crippen LogP) is 1.30. The highest BCUT2D eigenvalue weighted by Crippen LogP contribution is 2.53. The van der Waals surface area contributed by atoms with Crippen LogP contribution in [0.2, 0.25) is 0 Å². The monoisotopic (exact) mass is 298 g/mol. The van der Waals surface area contributed by atoms with Crippen LogP contribution in [0, 0.1) is 0 Å². The summed E-state index contributed by atoms with van der Waals surface area (Å²) in [7, 11) is 0. The van der Waals surface area contributed by atoms with Gasteiger partial charge in [-0.3, -0.25) is 4.79 Å². The minimum absolute atomic E-state index is 0.0150. The number of carboxylic acids is 2. The van der Waals surface area contributed by atoms with Crippen molar-refractivity contribution < 1.29 is 29.3 Å². The molecule has 0 spiro atoms. The molecule has 1 fully saturated rings. The Kier molecular flexibility index (Phi) is 4.34. The van der Waals surface area contributed by atoms with Crippen molar-refractivity contribution in [1.82, 2.24) is 0 Å². The molecule has 0 saturated carbocycles. The first kappa shape index (κ1) is 14.2. The number of ether oxygens (including phenoxy) is 1. The quantitative estimate of drug-likeness (QED) is 0.264. The molecule has 1 aliphatic rings. The highest BCUT2D eigenvalue weighted by atomic mass is 35.5. The molecule has 0 aromatic rings. The van der Waals surface area contributed by atoms with Crippen LogP contribution in [0.25, 0.3) is 0 Å². The molecule has 2 N–H and O–H groups in total. The number of carbonyl (C=O) groups excluding carboxylic acids is 1. The predicted molar refractivity (Wildman–Crippen MR) is 62.7 cm³/mol. The Labute approximate surface area is 109 Å². The van der Waals surface area contributed by atoms with Gasteiger partial charge in [0.05, 0.1) is 9.99 Å². The molecular formula is C8H7ClO6S2. The highest BCUT2D eigenvalue weighted by Gasteiger charge is 2.42. The number of rotatable bonds is 3. The molecule has 17 heavy (non-hydrogen) atoms. The van der Waals surface area contributed by atoms with E-state index in [0.29, 0.717) is 11.8 Å². The van der Waals surface area contributed by atoms with Crippen molar-refractivity contribution in [2.45, 2.75) is 11.3 Å². The summed E-state index contributed by atoms with van der Waals surface area (Å²) in [5.74, 6) is -3.66. The average molecular weight is 299 g/mol. The molecule has 0 radical (unpaired) electrons. The van der Waals surface area contributed by atoms with Crippen LogP contribution in [-0.4, -0.2) is 38.3 Å². The smallest absolute Gasteiger partial charge is 0.344 e. The maximum atomic E-state index is 10.8. The summed E-state index contributed by atoms with van der Waals surface area (Å²) in [4.78, 5) is 32.3. The average Bonchev–Trinajstić information content (AvgIpc) is 2.44. The summed E-state index contributed by atoms with van der Waals surface area (Å²) in [5, 5.41) is 17.5. The fourth-order valence-corrected chi connectivity index (χ4v) is 4.27. The third kappa shape index (κ3) is 3.55. The van der Waals surface area contributed by atoms with Gasteiger partial charge in [0, 0.05) is 6.92 Å². The number of carbonyl (C=O) groups is 3. The lowest BCUT2D eigenvalue weighted by Gasteiger charge is -2.17. The molecule has 1 heterocycles. The third-order valence-corrected chi connectivity index (χ3v) is 4.87. The van der Waals surface area contributed by atoms with E-state index in [-0.39, 0.29) is 9.99 Å². The molecule has 1 aliphatic heterocycles. The van der Waals surface area contributed by atoms with Crippen molar-refractivity contribution in [2.75, 3.05) is 5.75 Å². The lowest BCUT2D eigenvalue weighted by Crippen LogP contribution is -2.23. The largest absolute Gasteiger partial charge is 0.477 e. The van der Waals surface area contributed by atoms with E-state index in [1.807, 2.05) is 0 Å². The van der Waals surface area contributed by atoms with Crippen molar-refractivity contribution >= 4 is 53.0 Å². The molecule has 0 aromatic heterocycles. The topological polar surface area (TPSA) is 101 Å². The van der Waals surface area contributed by atoms with Gasteiger partial charge in [0.2, 0.25) is 4.39 Å². The molecular weight excluding hydrogens is 292 g/mol. The molecule has 0 aliphatic carbocycles. The number of esters is 1. The van der Waals surface area contributed by atoms with Crippen molar-refractivity contribution in [2.24, 2.45) is 0 Å². The Balaban J connectivity index is 2.98. The van der Waals surface area contributed by atoms with E-state index >= 15 is 0 Å². The van der Waals surface area contributed by atoms with Crippen LogP contribution in [0.3, 0.4) is 0 Å². The molecule has 0 aromatic carbocycles. The van der Waals surface area contributed by atoms with Gasteiger partial charge >= 0.3 is 17.9 Å². The van der Waals surface area contributed by atoms with Gasteiger partial charge in [0.1, 0.15) is 0 Å². The number of halogens is 1. The Hall–Kier alpha value is -0.860. The minimum atomic E-state index is -1.56. The summed E-state index contributed by atoms with van der Waals surface area (Å²) >= 11 is 7.53. The molecule has 0 bridgehead atoms. The number of aliphatic carboxylic acids is 2. The van der Waals surface area contributed by atoms with Gasteiger partial charge in [-0.05, 0) is 0 Å². The molecule has 1 atom stereocenters. The summed E-state index contributed by atoms with van der Waals surface area (Å²) in [5.41, 5.74) is -0.769. The fraction of sp³-hybridized carbons (Fsp3) is 0.375. The van der Waals surface area contributed by atoms with E-state index in [9.17, 15) is 14.4 Å². The van der Waals surface area contributed by atoms with Gasteiger partial charge in [0.15, 0.2) is 5.57 Å². The van der Waals surface area contributed by atoms with Gasteiger partial charge in [-0.25, -0.2) is 9.59 Å². The van der Waals surface area contributed by atoms with Crippen molar-refractivity contribution in [3.63, 3.8) is 0 Å². The minimum Gasteiger partial charge on any atom is -0.477 e. The van der Waals surface area contributed by atoms with Crippen LogP contribution in [0.5, 0.6) is 0 Å². The van der Waals surface area contributed by atoms with Crippen LogP contribution in [0.1, 0.15) is 6.92 Å².